The zero-order valence-electron chi connectivity index (χ0n) is 10.3. The quantitative estimate of drug-likeness (QED) is 0.657. The van der Waals surface area contributed by atoms with Gasteiger partial charge in [0.1, 0.15) is 18.1 Å². The van der Waals surface area contributed by atoms with Crippen LogP contribution in [-0.4, -0.2) is 16.2 Å². The molecule has 90 valence electrons. The number of hydrogen-bond donors (Lipinski definition) is 0. The topological polar surface area (TPSA) is 27.1 Å². The highest BCUT2D eigenvalue weighted by molar-refractivity contribution is 5.41. The van der Waals surface area contributed by atoms with Gasteiger partial charge < -0.3 is 9.30 Å². The monoisotopic (exact) mass is 238 g/mol. The Kier molecular flexibility index (Phi) is 2.87. The molecule has 1 aliphatic rings. The smallest absolute Gasteiger partial charge is 0.135 e. The van der Waals surface area contributed by atoms with Gasteiger partial charge in [0, 0.05) is 12.1 Å². The third-order valence-electron chi connectivity index (χ3n) is 3.02. The van der Waals surface area contributed by atoms with E-state index in [0.29, 0.717) is 6.61 Å². The van der Waals surface area contributed by atoms with Gasteiger partial charge in [-0.15, -0.1) is 0 Å². The van der Waals surface area contributed by atoms with Gasteiger partial charge in [-0.1, -0.05) is 23.6 Å². The fourth-order valence-corrected chi connectivity index (χ4v) is 1.97. The van der Waals surface area contributed by atoms with Crippen LogP contribution in [0, 0.1) is 18.8 Å². The maximum absolute atomic E-state index is 5.35. The Labute approximate surface area is 106 Å². The van der Waals surface area contributed by atoms with Crippen LogP contribution >= 0.6 is 0 Å². The molecule has 2 heterocycles. The van der Waals surface area contributed by atoms with E-state index < -0.39 is 0 Å². The van der Waals surface area contributed by atoms with E-state index in [9.17, 15) is 0 Å². The molecule has 1 aromatic heterocycles. The van der Waals surface area contributed by atoms with Crippen LogP contribution < -0.4 is 0 Å². The summed E-state index contributed by atoms with van der Waals surface area (Å²) in [5.74, 6) is 7.32. The van der Waals surface area contributed by atoms with Crippen molar-refractivity contribution in [3.05, 3.63) is 53.1 Å². The van der Waals surface area contributed by atoms with E-state index in [4.69, 9.17) is 4.74 Å². The van der Waals surface area contributed by atoms with E-state index in [2.05, 4.69) is 40.4 Å². The summed E-state index contributed by atoms with van der Waals surface area (Å²) in [6.07, 6.45) is 1.82. The van der Waals surface area contributed by atoms with Crippen molar-refractivity contribution in [2.75, 3.05) is 6.61 Å². The molecule has 0 spiro atoms. The summed E-state index contributed by atoms with van der Waals surface area (Å²) in [5.41, 5.74) is 3.25. The molecule has 0 saturated carbocycles. The molecule has 2 aromatic rings. The van der Waals surface area contributed by atoms with Crippen LogP contribution in [0.5, 0.6) is 0 Å². The van der Waals surface area contributed by atoms with Gasteiger partial charge >= 0.3 is 0 Å². The Morgan fingerprint density at radius 1 is 1.22 bits per heavy atom. The minimum absolute atomic E-state index is 0.589. The fraction of sp³-hybridized carbons (Fsp3) is 0.267. The summed E-state index contributed by atoms with van der Waals surface area (Å²) >= 11 is 0. The number of ether oxygens (including phenoxy) is 1. The second-order valence-electron chi connectivity index (χ2n) is 4.38. The molecule has 0 unspecified atom stereocenters. The maximum atomic E-state index is 5.35. The first kappa shape index (κ1) is 11.1. The SMILES string of the molecule is Cc1ccc(C#Cc2cnc3n2CCOC3)cc1. The Bertz CT molecular complexity index is 614. The minimum Gasteiger partial charge on any atom is -0.372 e. The van der Waals surface area contributed by atoms with Gasteiger partial charge in [0.15, 0.2) is 0 Å². The maximum Gasteiger partial charge on any atom is 0.135 e. The van der Waals surface area contributed by atoms with Crippen molar-refractivity contribution < 1.29 is 4.74 Å². The van der Waals surface area contributed by atoms with Gasteiger partial charge in [0.05, 0.1) is 12.8 Å². The van der Waals surface area contributed by atoms with Crippen molar-refractivity contribution >= 4 is 0 Å². The third-order valence-corrected chi connectivity index (χ3v) is 3.02. The van der Waals surface area contributed by atoms with Crippen molar-refractivity contribution in [3.8, 4) is 11.8 Å². The van der Waals surface area contributed by atoms with E-state index in [1.165, 1.54) is 5.56 Å². The van der Waals surface area contributed by atoms with Crippen molar-refractivity contribution in [1.29, 1.82) is 0 Å². The van der Waals surface area contributed by atoms with E-state index in [0.717, 1.165) is 30.2 Å². The molecular weight excluding hydrogens is 224 g/mol. The number of aromatic nitrogens is 2. The zero-order valence-corrected chi connectivity index (χ0v) is 10.3. The molecule has 3 nitrogen and oxygen atoms in total. The standard InChI is InChI=1S/C15H14N2O/c1-12-2-4-13(5-3-12)6-7-14-10-16-15-11-18-9-8-17(14)15/h2-5,10H,8-9,11H2,1H3. The first-order valence-corrected chi connectivity index (χ1v) is 6.04. The second-order valence-corrected chi connectivity index (χ2v) is 4.38. The molecular formula is C15H14N2O. The summed E-state index contributed by atoms with van der Waals surface area (Å²) in [7, 11) is 0. The normalized spacial score (nSPS) is 13.6. The summed E-state index contributed by atoms with van der Waals surface area (Å²) in [5, 5.41) is 0. The molecule has 0 saturated heterocycles. The van der Waals surface area contributed by atoms with Gasteiger partial charge in [0.25, 0.3) is 0 Å². The summed E-state index contributed by atoms with van der Waals surface area (Å²) in [6.45, 7) is 4.24. The summed E-state index contributed by atoms with van der Waals surface area (Å²) in [4.78, 5) is 4.32. The Morgan fingerprint density at radius 3 is 2.89 bits per heavy atom. The number of rotatable bonds is 0. The third kappa shape index (κ3) is 2.15. The number of aryl methyl sites for hydroxylation is 1. The number of fused-ring (bicyclic) bond motifs is 1. The lowest BCUT2D eigenvalue weighted by Crippen LogP contribution is -2.17. The summed E-state index contributed by atoms with van der Waals surface area (Å²) < 4.78 is 7.48. The average molecular weight is 238 g/mol. The first-order valence-electron chi connectivity index (χ1n) is 6.04. The highest BCUT2D eigenvalue weighted by Crippen LogP contribution is 2.10. The van der Waals surface area contributed by atoms with E-state index in [-0.39, 0.29) is 0 Å². The number of hydrogen-bond acceptors (Lipinski definition) is 2. The van der Waals surface area contributed by atoms with Crippen molar-refractivity contribution in [2.24, 2.45) is 0 Å². The molecule has 18 heavy (non-hydrogen) atoms. The van der Waals surface area contributed by atoms with E-state index in [1.54, 1.807) is 0 Å². The number of benzene rings is 1. The molecule has 0 N–H and O–H groups in total. The lowest BCUT2D eigenvalue weighted by molar-refractivity contribution is 0.0813. The van der Waals surface area contributed by atoms with Gasteiger partial charge in [0.2, 0.25) is 0 Å². The molecule has 0 atom stereocenters. The minimum atomic E-state index is 0.589. The predicted molar refractivity (Wildman–Crippen MR) is 69.0 cm³/mol. The van der Waals surface area contributed by atoms with Crippen molar-refractivity contribution in [2.45, 2.75) is 20.1 Å². The van der Waals surface area contributed by atoms with Crippen molar-refractivity contribution in [1.82, 2.24) is 9.55 Å². The molecule has 3 heteroatoms. The van der Waals surface area contributed by atoms with Gasteiger partial charge in [-0.3, -0.25) is 0 Å². The van der Waals surface area contributed by atoms with Crippen LogP contribution in [-0.2, 0) is 17.9 Å². The van der Waals surface area contributed by atoms with E-state index in [1.807, 2.05) is 18.3 Å². The highest BCUT2D eigenvalue weighted by Gasteiger charge is 2.12. The molecule has 0 amide bonds. The van der Waals surface area contributed by atoms with Crippen LogP contribution in [0.1, 0.15) is 22.6 Å². The molecule has 1 aliphatic heterocycles. The largest absolute Gasteiger partial charge is 0.372 e. The molecule has 0 radical (unpaired) electrons. The summed E-state index contributed by atoms with van der Waals surface area (Å²) in [6, 6.07) is 8.23. The second kappa shape index (κ2) is 4.67. The Hall–Kier alpha value is -2.05. The first-order chi connectivity index (χ1) is 8.83. The van der Waals surface area contributed by atoms with E-state index >= 15 is 0 Å². The Balaban J connectivity index is 1.89. The van der Waals surface area contributed by atoms with Crippen LogP contribution in [0.25, 0.3) is 0 Å². The molecule has 3 rings (SSSR count). The highest BCUT2D eigenvalue weighted by atomic mass is 16.5. The van der Waals surface area contributed by atoms with Gasteiger partial charge in [-0.05, 0) is 25.0 Å². The molecule has 0 bridgehead atoms. The fourth-order valence-electron chi connectivity index (χ4n) is 1.97. The Morgan fingerprint density at radius 2 is 2.06 bits per heavy atom. The van der Waals surface area contributed by atoms with Gasteiger partial charge in [-0.25, -0.2) is 4.98 Å². The molecule has 0 aliphatic carbocycles. The van der Waals surface area contributed by atoms with Crippen LogP contribution in [0.3, 0.4) is 0 Å². The molecule has 1 aromatic carbocycles. The zero-order chi connectivity index (χ0) is 12.4. The van der Waals surface area contributed by atoms with Crippen LogP contribution in [0.15, 0.2) is 30.5 Å². The number of nitrogens with zero attached hydrogens (tertiary/aromatic N) is 2. The van der Waals surface area contributed by atoms with Crippen LogP contribution in [0.4, 0.5) is 0 Å². The lowest BCUT2D eigenvalue weighted by Gasteiger charge is -2.14. The molecule has 0 fully saturated rings. The predicted octanol–water partition coefficient (Wildman–Crippen LogP) is 2.12. The van der Waals surface area contributed by atoms with Gasteiger partial charge in [-0.2, -0.15) is 0 Å². The van der Waals surface area contributed by atoms with Crippen molar-refractivity contribution in [3.63, 3.8) is 0 Å². The number of imidazole rings is 1. The van der Waals surface area contributed by atoms with Crippen LogP contribution in [0.2, 0.25) is 0 Å². The average Bonchev–Trinajstić information content (AvgIpc) is 2.82. The lowest BCUT2D eigenvalue weighted by atomic mass is 10.1.